The van der Waals surface area contributed by atoms with E-state index in [1.54, 1.807) is 0 Å². The molecule has 0 fully saturated rings. The predicted octanol–water partition coefficient (Wildman–Crippen LogP) is 25.1. The second-order valence-corrected chi connectivity index (χ2v) is 24.5. The van der Waals surface area contributed by atoms with Crippen molar-refractivity contribution in [2.45, 2.75) is 393 Å². The maximum atomic E-state index is 12.9. The molecular weight excluding hydrogens is 1010 g/mol. The monoisotopic (exact) mass is 1150 g/mol. The van der Waals surface area contributed by atoms with Crippen molar-refractivity contribution in [3.8, 4) is 0 Å². The van der Waals surface area contributed by atoms with Gasteiger partial charge in [-0.15, -0.1) is 0 Å². The number of carbonyl (C=O) groups excluding carboxylic acids is 3. The van der Waals surface area contributed by atoms with E-state index in [-0.39, 0.29) is 31.1 Å². The number of carbonyl (C=O) groups is 3. The zero-order valence-corrected chi connectivity index (χ0v) is 55.0. The van der Waals surface area contributed by atoms with Gasteiger partial charge in [0.25, 0.3) is 0 Å². The summed E-state index contributed by atoms with van der Waals surface area (Å²) in [4.78, 5) is 38.0. The molecule has 0 rings (SSSR count). The van der Waals surface area contributed by atoms with Gasteiger partial charge < -0.3 is 14.2 Å². The summed E-state index contributed by atoms with van der Waals surface area (Å²) in [5.41, 5.74) is 0. The second kappa shape index (κ2) is 70.6. The standard InChI is InChI=1S/C76H138O6/c1-4-7-10-13-15-17-19-21-23-25-27-29-31-33-35-36-37-38-39-40-41-43-44-46-48-50-52-54-56-58-60-63-66-69-75(78)81-72-73(71-80-74(77)68-65-62-12-9-6-3)82-76(79)70-67-64-61-59-57-55-53-51-49-47-45-42-34-32-30-28-26-24-22-20-18-16-14-11-8-5-2/h7,10,15,17,21,23,27,29,33,35,73H,4-6,8-9,11-14,16,18-20,22,24-26,28,30-32,34,36-72H2,1-3H3/b10-7-,17-15-,23-21-,29-27-,35-33-. The lowest BCUT2D eigenvalue weighted by Gasteiger charge is -2.18. The van der Waals surface area contributed by atoms with Gasteiger partial charge >= 0.3 is 17.9 Å². The van der Waals surface area contributed by atoms with E-state index in [2.05, 4.69) is 81.5 Å². The number of unbranched alkanes of at least 4 members (excludes halogenated alkanes) is 46. The highest BCUT2D eigenvalue weighted by Crippen LogP contribution is 2.19. The van der Waals surface area contributed by atoms with Crippen LogP contribution in [-0.4, -0.2) is 37.2 Å². The van der Waals surface area contributed by atoms with E-state index >= 15 is 0 Å². The molecule has 0 aliphatic heterocycles. The lowest BCUT2D eigenvalue weighted by molar-refractivity contribution is -0.167. The Bertz CT molecular complexity index is 1460. The van der Waals surface area contributed by atoms with Crippen LogP contribution >= 0.6 is 0 Å². The van der Waals surface area contributed by atoms with Crippen LogP contribution in [0.5, 0.6) is 0 Å². The number of ether oxygens (including phenoxy) is 3. The van der Waals surface area contributed by atoms with Gasteiger partial charge in [0.15, 0.2) is 6.10 Å². The van der Waals surface area contributed by atoms with Crippen LogP contribution in [0.25, 0.3) is 0 Å². The summed E-state index contributed by atoms with van der Waals surface area (Å²) in [6.45, 7) is 6.51. The lowest BCUT2D eigenvalue weighted by atomic mass is 10.0. The Morgan fingerprint density at radius 2 is 0.476 bits per heavy atom. The van der Waals surface area contributed by atoms with Crippen molar-refractivity contribution < 1.29 is 28.6 Å². The average Bonchev–Trinajstić information content (AvgIpc) is 3.47. The van der Waals surface area contributed by atoms with Crippen LogP contribution in [0.1, 0.15) is 387 Å². The summed E-state index contributed by atoms with van der Waals surface area (Å²) >= 11 is 0. The minimum atomic E-state index is -0.767. The second-order valence-electron chi connectivity index (χ2n) is 24.5. The number of hydrogen-bond donors (Lipinski definition) is 0. The zero-order chi connectivity index (χ0) is 59.2. The van der Waals surface area contributed by atoms with E-state index < -0.39 is 6.10 Å². The Balaban J connectivity index is 3.91. The average molecular weight is 1150 g/mol. The van der Waals surface area contributed by atoms with Crippen LogP contribution in [0.15, 0.2) is 60.8 Å². The third kappa shape index (κ3) is 67.9. The third-order valence-corrected chi connectivity index (χ3v) is 16.3. The Morgan fingerprint density at radius 1 is 0.256 bits per heavy atom. The molecule has 0 aromatic rings. The van der Waals surface area contributed by atoms with Gasteiger partial charge in [0.1, 0.15) is 13.2 Å². The molecule has 6 nitrogen and oxygen atoms in total. The number of esters is 3. The molecule has 0 bridgehead atoms. The number of hydrogen-bond acceptors (Lipinski definition) is 6. The fraction of sp³-hybridized carbons (Fsp3) is 0.829. The highest BCUT2D eigenvalue weighted by atomic mass is 16.6. The van der Waals surface area contributed by atoms with Crippen molar-refractivity contribution in [3.63, 3.8) is 0 Å². The van der Waals surface area contributed by atoms with Gasteiger partial charge in [-0.05, 0) is 64.2 Å². The highest BCUT2D eigenvalue weighted by molar-refractivity contribution is 5.71. The summed E-state index contributed by atoms with van der Waals surface area (Å²) in [5, 5.41) is 0. The topological polar surface area (TPSA) is 78.9 Å². The van der Waals surface area contributed by atoms with Crippen molar-refractivity contribution in [2.75, 3.05) is 13.2 Å². The smallest absolute Gasteiger partial charge is 0.306 e. The van der Waals surface area contributed by atoms with Crippen LogP contribution in [0.2, 0.25) is 0 Å². The first-order valence-corrected chi connectivity index (χ1v) is 36.3. The van der Waals surface area contributed by atoms with Crippen molar-refractivity contribution >= 4 is 17.9 Å². The molecule has 0 N–H and O–H groups in total. The maximum absolute atomic E-state index is 12.9. The normalized spacial score (nSPS) is 12.4. The molecule has 1 unspecified atom stereocenters. The van der Waals surface area contributed by atoms with Crippen LogP contribution in [0.4, 0.5) is 0 Å². The van der Waals surface area contributed by atoms with Gasteiger partial charge in [-0.1, -0.05) is 364 Å². The predicted molar refractivity (Wildman–Crippen MR) is 358 cm³/mol. The van der Waals surface area contributed by atoms with E-state index in [0.717, 1.165) is 96.3 Å². The Morgan fingerprint density at radius 3 is 0.744 bits per heavy atom. The van der Waals surface area contributed by atoms with Crippen molar-refractivity contribution in [1.29, 1.82) is 0 Å². The Labute approximate surface area is 510 Å². The number of allylic oxidation sites excluding steroid dienone is 10. The molecule has 0 aromatic carbocycles. The zero-order valence-electron chi connectivity index (χ0n) is 55.0. The molecular formula is C76H138O6. The molecule has 478 valence electrons. The summed E-state index contributed by atoms with van der Waals surface area (Å²) in [6, 6.07) is 0. The van der Waals surface area contributed by atoms with Crippen molar-refractivity contribution in [1.82, 2.24) is 0 Å². The molecule has 0 amide bonds. The van der Waals surface area contributed by atoms with Gasteiger partial charge in [0, 0.05) is 19.3 Å². The van der Waals surface area contributed by atoms with Crippen molar-refractivity contribution in [2.24, 2.45) is 0 Å². The molecule has 0 aliphatic rings. The summed E-state index contributed by atoms with van der Waals surface area (Å²) in [7, 11) is 0. The SMILES string of the molecule is CC/C=C\C/C=C\C/C=C\C/C=C\C/C=C\CCCCCCCCCCCCCCCCCCCC(=O)OCC(COC(=O)CCCCCCC)OC(=O)CCCCCCCCCCCCCCCCCCCCCCCCCCCC. The highest BCUT2D eigenvalue weighted by Gasteiger charge is 2.19. The molecule has 0 heterocycles. The molecule has 0 aromatic heterocycles. The maximum Gasteiger partial charge on any atom is 0.306 e. The van der Waals surface area contributed by atoms with E-state index in [0.29, 0.717) is 19.3 Å². The fourth-order valence-corrected chi connectivity index (χ4v) is 10.9. The number of rotatable bonds is 67. The first-order valence-electron chi connectivity index (χ1n) is 36.3. The van der Waals surface area contributed by atoms with Gasteiger partial charge in [-0.3, -0.25) is 14.4 Å². The van der Waals surface area contributed by atoms with E-state index in [1.807, 2.05) is 0 Å². The Kier molecular flexibility index (Phi) is 68.1. The molecule has 82 heavy (non-hydrogen) atoms. The lowest BCUT2D eigenvalue weighted by Crippen LogP contribution is -2.30. The van der Waals surface area contributed by atoms with Gasteiger partial charge in [0.2, 0.25) is 0 Å². The fourth-order valence-electron chi connectivity index (χ4n) is 10.9. The van der Waals surface area contributed by atoms with Gasteiger partial charge in [-0.2, -0.15) is 0 Å². The van der Waals surface area contributed by atoms with Crippen LogP contribution < -0.4 is 0 Å². The summed E-state index contributed by atoms with van der Waals surface area (Å²) in [6.07, 6.45) is 91.8. The third-order valence-electron chi connectivity index (χ3n) is 16.3. The summed E-state index contributed by atoms with van der Waals surface area (Å²) < 4.78 is 16.8. The molecule has 1 atom stereocenters. The van der Waals surface area contributed by atoms with Crippen LogP contribution in [0, 0.1) is 0 Å². The van der Waals surface area contributed by atoms with E-state index in [9.17, 15) is 14.4 Å². The first-order chi connectivity index (χ1) is 40.5. The van der Waals surface area contributed by atoms with Crippen molar-refractivity contribution in [3.05, 3.63) is 60.8 Å². The van der Waals surface area contributed by atoms with Gasteiger partial charge in [-0.25, -0.2) is 0 Å². The minimum Gasteiger partial charge on any atom is -0.462 e. The summed E-state index contributed by atoms with van der Waals surface area (Å²) in [5.74, 6) is -0.857. The molecule has 6 heteroatoms. The molecule has 0 saturated heterocycles. The quantitative estimate of drug-likeness (QED) is 0.0261. The molecule has 0 radical (unpaired) electrons. The molecule has 0 aliphatic carbocycles. The largest absolute Gasteiger partial charge is 0.462 e. The minimum absolute atomic E-state index is 0.0681. The van der Waals surface area contributed by atoms with E-state index in [1.165, 1.54) is 250 Å². The molecule has 0 saturated carbocycles. The van der Waals surface area contributed by atoms with Crippen LogP contribution in [-0.2, 0) is 28.6 Å². The van der Waals surface area contributed by atoms with Gasteiger partial charge in [0.05, 0.1) is 0 Å². The Hall–Kier alpha value is -2.89. The first kappa shape index (κ1) is 79.1. The van der Waals surface area contributed by atoms with Crippen LogP contribution in [0.3, 0.4) is 0 Å². The van der Waals surface area contributed by atoms with E-state index in [4.69, 9.17) is 14.2 Å². The molecule has 0 spiro atoms.